The summed E-state index contributed by atoms with van der Waals surface area (Å²) in [5.41, 5.74) is 5.61. The third-order valence-electron chi connectivity index (χ3n) is 5.04. The van der Waals surface area contributed by atoms with Crippen LogP contribution in [-0.4, -0.2) is 12.1 Å². The summed E-state index contributed by atoms with van der Waals surface area (Å²) in [4.78, 5) is 0. The van der Waals surface area contributed by atoms with Crippen molar-refractivity contribution in [2.45, 2.75) is 107 Å². The minimum Gasteiger partial charge on any atom is -0.382 e. The molecule has 2 heteroatoms. The Kier molecular flexibility index (Phi) is 10.4. The molecule has 0 bridgehead atoms. The molecule has 1 rings (SSSR count). The first kappa shape index (κ1) is 24.9. The van der Waals surface area contributed by atoms with E-state index < -0.39 is 0 Å². The van der Waals surface area contributed by atoms with Crippen LogP contribution in [0.2, 0.25) is 0 Å². The van der Waals surface area contributed by atoms with E-state index in [1.54, 1.807) is 0 Å². The van der Waals surface area contributed by atoms with Gasteiger partial charge in [0.1, 0.15) is 0 Å². The Morgan fingerprint density at radius 2 is 0.893 bits per heavy atom. The van der Waals surface area contributed by atoms with Crippen LogP contribution >= 0.6 is 0 Å². The zero-order valence-corrected chi connectivity index (χ0v) is 20.4. The number of hydrogen-bond acceptors (Lipinski definition) is 2. The van der Waals surface area contributed by atoms with Crippen molar-refractivity contribution >= 4 is 11.4 Å². The van der Waals surface area contributed by atoms with E-state index in [9.17, 15) is 0 Å². The molecule has 0 aromatic heterocycles. The average molecular weight is 389 g/mol. The van der Waals surface area contributed by atoms with Crippen LogP contribution in [0.15, 0.2) is 12.1 Å². The minimum atomic E-state index is 0.489. The van der Waals surface area contributed by atoms with Gasteiger partial charge in [0.2, 0.25) is 0 Å². The highest BCUT2D eigenvalue weighted by molar-refractivity contribution is 5.66. The minimum absolute atomic E-state index is 0.489. The molecule has 0 saturated carbocycles. The Morgan fingerprint density at radius 1 is 0.536 bits per heavy atom. The topological polar surface area (TPSA) is 24.1 Å². The highest BCUT2D eigenvalue weighted by Crippen LogP contribution is 2.31. The summed E-state index contributed by atoms with van der Waals surface area (Å²) in [5, 5.41) is 7.68. The Morgan fingerprint density at radius 3 is 1.18 bits per heavy atom. The summed E-state index contributed by atoms with van der Waals surface area (Å²) in [7, 11) is 0. The van der Waals surface area contributed by atoms with Crippen molar-refractivity contribution in [3.63, 3.8) is 0 Å². The van der Waals surface area contributed by atoms with E-state index in [0.29, 0.717) is 35.8 Å². The van der Waals surface area contributed by atoms with Gasteiger partial charge in [-0.25, -0.2) is 0 Å². The van der Waals surface area contributed by atoms with Crippen LogP contribution in [0.3, 0.4) is 0 Å². The van der Waals surface area contributed by atoms with Crippen molar-refractivity contribution in [1.29, 1.82) is 0 Å². The monoisotopic (exact) mass is 388 g/mol. The highest BCUT2D eigenvalue weighted by Gasteiger charge is 2.16. The Labute approximate surface area is 176 Å². The number of nitrogens with one attached hydrogen (secondary N) is 2. The van der Waals surface area contributed by atoms with Crippen LogP contribution in [0.1, 0.15) is 93.2 Å². The van der Waals surface area contributed by atoms with Gasteiger partial charge in [0, 0.05) is 23.5 Å². The lowest BCUT2D eigenvalue weighted by Gasteiger charge is -2.26. The Bertz CT molecular complexity index is 525. The van der Waals surface area contributed by atoms with Crippen LogP contribution in [0.5, 0.6) is 0 Å². The Balaban J connectivity index is 3.26. The third-order valence-corrected chi connectivity index (χ3v) is 5.04. The zero-order valence-electron chi connectivity index (χ0n) is 20.4. The van der Waals surface area contributed by atoms with E-state index in [4.69, 9.17) is 0 Å². The lowest BCUT2D eigenvalue weighted by Crippen LogP contribution is -2.21. The molecule has 2 atom stereocenters. The van der Waals surface area contributed by atoms with E-state index in [0.717, 1.165) is 12.8 Å². The second-order valence-electron chi connectivity index (χ2n) is 10.7. The molecule has 1 aromatic rings. The fraction of sp³-hybridized carbons (Fsp3) is 0.769. The van der Waals surface area contributed by atoms with E-state index in [-0.39, 0.29) is 0 Å². The first-order chi connectivity index (χ1) is 13.0. The van der Waals surface area contributed by atoms with Crippen molar-refractivity contribution in [3.8, 4) is 0 Å². The molecule has 0 aliphatic heterocycles. The fourth-order valence-corrected chi connectivity index (χ4v) is 4.24. The zero-order chi connectivity index (χ0) is 21.4. The van der Waals surface area contributed by atoms with Gasteiger partial charge in [-0.05, 0) is 80.4 Å². The first-order valence-corrected chi connectivity index (χ1v) is 11.7. The van der Waals surface area contributed by atoms with Crippen molar-refractivity contribution in [1.82, 2.24) is 0 Å². The van der Waals surface area contributed by atoms with Gasteiger partial charge in [0.25, 0.3) is 0 Å². The maximum absolute atomic E-state index is 3.84. The van der Waals surface area contributed by atoms with Gasteiger partial charge >= 0.3 is 0 Å². The molecule has 0 fully saturated rings. The molecular weight excluding hydrogens is 340 g/mol. The van der Waals surface area contributed by atoms with Crippen molar-refractivity contribution in [2.24, 2.45) is 23.7 Å². The van der Waals surface area contributed by atoms with Gasteiger partial charge in [0.05, 0.1) is 0 Å². The van der Waals surface area contributed by atoms with E-state index in [1.165, 1.54) is 35.3 Å². The normalized spacial score (nSPS) is 14.2. The predicted octanol–water partition coefficient (Wildman–Crippen LogP) is 7.78. The number of benzene rings is 1. The maximum atomic E-state index is 3.84. The van der Waals surface area contributed by atoms with Crippen LogP contribution in [0.25, 0.3) is 0 Å². The van der Waals surface area contributed by atoms with E-state index in [1.807, 2.05) is 0 Å². The maximum Gasteiger partial charge on any atom is 0.0395 e. The second-order valence-corrected chi connectivity index (χ2v) is 10.7. The van der Waals surface area contributed by atoms with Crippen LogP contribution in [0.4, 0.5) is 11.4 Å². The molecule has 28 heavy (non-hydrogen) atoms. The summed E-state index contributed by atoms with van der Waals surface area (Å²) in [6, 6.07) is 5.86. The van der Waals surface area contributed by atoms with Gasteiger partial charge in [-0.2, -0.15) is 0 Å². The van der Waals surface area contributed by atoms with Crippen molar-refractivity contribution < 1.29 is 0 Å². The first-order valence-electron chi connectivity index (χ1n) is 11.7. The van der Waals surface area contributed by atoms with Crippen LogP contribution in [0, 0.1) is 23.7 Å². The van der Waals surface area contributed by atoms with Crippen LogP contribution in [-0.2, 0) is 12.8 Å². The molecule has 0 aliphatic carbocycles. The molecule has 0 aliphatic rings. The summed E-state index contributed by atoms with van der Waals surface area (Å²) in [5.74, 6) is 2.73. The van der Waals surface area contributed by atoms with Gasteiger partial charge < -0.3 is 10.6 Å². The molecule has 0 saturated heterocycles. The van der Waals surface area contributed by atoms with Crippen molar-refractivity contribution in [3.05, 3.63) is 23.3 Å². The van der Waals surface area contributed by atoms with Gasteiger partial charge in [-0.3, -0.25) is 0 Å². The SMILES string of the molecule is CC(C)Cc1cc(CC(C)C)c(NC(C)CC(C)C)cc1NC(C)CC(C)C. The molecule has 2 nitrogen and oxygen atoms in total. The second kappa shape index (κ2) is 11.7. The number of rotatable bonds is 12. The van der Waals surface area contributed by atoms with E-state index in [2.05, 4.69) is 92.0 Å². The summed E-state index contributed by atoms with van der Waals surface area (Å²) in [6.07, 6.45) is 4.65. The molecule has 2 N–H and O–H groups in total. The molecule has 0 radical (unpaired) electrons. The molecular formula is C26H48N2. The smallest absolute Gasteiger partial charge is 0.0395 e. The lowest BCUT2D eigenvalue weighted by atomic mass is 9.93. The van der Waals surface area contributed by atoms with Crippen LogP contribution < -0.4 is 10.6 Å². The average Bonchev–Trinajstić information content (AvgIpc) is 2.48. The summed E-state index contributed by atoms with van der Waals surface area (Å²) >= 11 is 0. The largest absolute Gasteiger partial charge is 0.382 e. The van der Waals surface area contributed by atoms with Gasteiger partial charge in [-0.1, -0.05) is 61.5 Å². The Hall–Kier alpha value is -1.18. The third kappa shape index (κ3) is 9.34. The predicted molar refractivity (Wildman–Crippen MR) is 129 cm³/mol. The molecule has 0 heterocycles. The highest BCUT2D eigenvalue weighted by atomic mass is 14.9. The lowest BCUT2D eigenvalue weighted by molar-refractivity contribution is 0.537. The van der Waals surface area contributed by atoms with Gasteiger partial charge in [-0.15, -0.1) is 0 Å². The van der Waals surface area contributed by atoms with Gasteiger partial charge in [0.15, 0.2) is 0 Å². The molecule has 0 spiro atoms. The molecule has 162 valence electrons. The summed E-state index contributed by atoms with van der Waals surface area (Å²) in [6.45, 7) is 23.1. The van der Waals surface area contributed by atoms with E-state index >= 15 is 0 Å². The number of anilines is 2. The standard InChI is InChI=1S/C26H48N2/c1-17(2)11-21(9)27-25-16-26(28-22(10)12-18(3)4)24(14-20(7)8)15-23(25)13-19(5)6/h15-22,27-28H,11-14H2,1-10H3. The molecule has 2 unspecified atom stereocenters. The molecule has 1 aromatic carbocycles. The molecule has 0 amide bonds. The quantitative estimate of drug-likeness (QED) is 0.382. The summed E-state index contributed by atoms with van der Waals surface area (Å²) < 4.78 is 0. The number of hydrogen-bond donors (Lipinski definition) is 2. The van der Waals surface area contributed by atoms with Crippen molar-refractivity contribution in [2.75, 3.05) is 10.6 Å². The fourth-order valence-electron chi connectivity index (χ4n) is 4.24.